The van der Waals surface area contributed by atoms with Gasteiger partial charge in [0.05, 0.1) is 0 Å². The molecule has 1 nitrogen and oxygen atoms in total. The molecule has 5 unspecified atom stereocenters. The molecular formula is C26H37F3O. The molecule has 4 rings (SSSR count). The lowest BCUT2D eigenvalue weighted by Gasteiger charge is -2.45. The lowest BCUT2D eigenvalue weighted by molar-refractivity contribution is -0.0522. The Labute approximate surface area is 179 Å². The van der Waals surface area contributed by atoms with Crippen LogP contribution in [0, 0.1) is 35.4 Å². The number of halogens is 3. The maximum absolute atomic E-state index is 14.2. The van der Waals surface area contributed by atoms with Gasteiger partial charge in [-0.1, -0.05) is 39.0 Å². The van der Waals surface area contributed by atoms with Gasteiger partial charge in [-0.15, -0.1) is 0 Å². The van der Waals surface area contributed by atoms with Crippen LogP contribution in [0.25, 0.3) is 0 Å². The van der Waals surface area contributed by atoms with E-state index in [1.807, 2.05) is 0 Å². The predicted molar refractivity (Wildman–Crippen MR) is 114 cm³/mol. The van der Waals surface area contributed by atoms with Crippen LogP contribution >= 0.6 is 0 Å². The topological polar surface area (TPSA) is 9.23 Å². The molecular weight excluding hydrogens is 385 g/mol. The molecule has 1 aromatic rings. The fourth-order valence-electron chi connectivity index (χ4n) is 6.77. The lowest BCUT2D eigenvalue weighted by atomic mass is 9.61. The summed E-state index contributed by atoms with van der Waals surface area (Å²) >= 11 is 0. The number of unbranched alkanes of at least 4 members (excludes halogenated alkanes) is 2. The number of rotatable bonds is 7. The van der Waals surface area contributed by atoms with Crippen LogP contribution in [0.3, 0.4) is 0 Å². The average Bonchev–Trinajstić information content (AvgIpc) is 2.73. The van der Waals surface area contributed by atoms with Gasteiger partial charge in [-0.25, -0.2) is 4.39 Å². The van der Waals surface area contributed by atoms with Crippen LogP contribution in [0.1, 0.15) is 88.7 Å². The van der Waals surface area contributed by atoms with Crippen molar-refractivity contribution in [3.8, 4) is 5.75 Å². The van der Waals surface area contributed by atoms with Crippen LogP contribution in [0.4, 0.5) is 13.2 Å². The molecule has 0 radical (unpaired) electrons. The Hall–Kier alpha value is -1.19. The van der Waals surface area contributed by atoms with E-state index in [0.29, 0.717) is 5.92 Å². The molecule has 1 aromatic carbocycles. The van der Waals surface area contributed by atoms with E-state index in [1.165, 1.54) is 76.3 Å². The SMILES string of the molecule is CCCCCC1CCC2CC(C3CCc4cc(OC(F)F)c(F)cc4C3)CCC2C1. The minimum Gasteiger partial charge on any atom is -0.432 e. The monoisotopic (exact) mass is 422 g/mol. The van der Waals surface area contributed by atoms with Crippen LogP contribution in [-0.4, -0.2) is 6.61 Å². The zero-order chi connectivity index (χ0) is 21.1. The zero-order valence-corrected chi connectivity index (χ0v) is 18.4. The molecule has 3 aliphatic carbocycles. The first-order chi connectivity index (χ1) is 14.5. The van der Waals surface area contributed by atoms with Gasteiger partial charge < -0.3 is 4.74 Å². The Morgan fingerprint density at radius 1 is 0.900 bits per heavy atom. The number of hydrogen-bond donors (Lipinski definition) is 0. The summed E-state index contributed by atoms with van der Waals surface area (Å²) in [6, 6.07) is 2.95. The maximum Gasteiger partial charge on any atom is 0.387 e. The molecule has 3 aliphatic rings. The number of fused-ring (bicyclic) bond motifs is 2. The third-order valence-corrected chi connectivity index (χ3v) is 8.38. The number of aryl methyl sites for hydroxylation is 1. The Morgan fingerprint density at radius 2 is 1.63 bits per heavy atom. The van der Waals surface area contributed by atoms with Crippen molar-refractivity contribution in [1.82, 2.24) is 0 Å². The van der Waals surface area contributed by atoms with Gasteiger partial charge in [0, 0.05) is 0 Å². The summed E-state index contributed by atoms with van der Waals surface area (Å²) in [6.45, 7) is -0.697. The van der Waals surface area contributed by atoms with Crippen molar-refractivity contribution in [1.29, 1.82) is 0 Å². The van der Waals surface area contributed by atoms with Gasteiger partial charge in [0.2, 0.25) is 0 Å². The molecule has 0 amide bonds. The predicted octanol–water partition coefficient (Wildman–Crippen LogP) is 7.94. The Morgan fingerprint density at radius 3 is 2.40 bits per heavy atom. The van der Waals surface area contributed by atoms with Crippen molar-refractivity contribution < 1.29 is 17.9 Å². The molecule has 30 heavy (non-hydrogen) atoms. The first-order valence-corrected chi connectivity index (χ1v) is 12.3. The van der Waals surface area contributed by atoms with E-state index in [4.69, 9.17) is 0 Å². The van der Waals surface area contributed by atoms with E-state index in [2.05, 4.69) is 11.7 Å². The largest absolute Gasteiger partial charge is 0.432 e. The van der Waals surface area contributed by atoms with Gasteiger partial charge in [-0.05, 0) is 104 Å². The second-order valence-corrected chi connectivity index (χ2v) is 10.2. The van der Waals surface area contributed by atoms with Crippen LogP contribution in [0.15, 0.2) is 12.1 Å². The summed E-state index contributed by atoms with van der Waals surface area (Å²) in [5, 5.41) is 0. The average molecular weight is 423 g/mol. The van der Waals surface area contributed by atoms with Gasteiger partial charge in [0.25, 0.3) is 0 Å². The van der Waals surface area contributed by atoms with Gasteiger partial charge in [-0.3, -0.25) is 0 Å². The first kappa shape index (κ1) is 22.0. The number of ether oxygens (including phenoxy) is 1. The van der Waals surface area contributed by atoms with Crippen molar-refractivity contribution in [3.63, 3.8) is 0 Å². The van der Waals surface area contributed by atoms with E-state index in [0.717, 1.165) is 54.1 Å². The number of benzene rings is 1. The molecule has 2 fully saturated rings. The highest BCUT2D eigenvalue weighted by Gasteiger charge is 2.38. The Balaban J connectivity index is 1.32. The van der Waals surface area contributed by atoms with Crippen molar-refractivity contribution in [3.05, 3.63) is 29.1 Å². The Kier molecular flexibility index (Phi) is 7.31. The molecule has 5 atom stereocenters. The van der Waals surface area contributed by atoms with Crippen molar-refractivity contribution in [2.75, 3.05) is 0 Å². The third-order valence-electron chi connectivity index (χ3n) is 8.38. The summed E-state index contributed by atoms with van der Waals surface area (Å²) in [5.74, 6) is 3.19. The second kappa shape index (κ2) is 9.96. The normalized spacial score (nSPS) is 31.3. The third kappa shape index (κ3) is 5.16. The molecule has 0 heterocycles. The summed E-state index contributed by atoms with van der Waals surface area (Å²) in [7, 11) is 0. The van der Waals surface area contributed by atoms with Gasteiger partial charge in [-0.2, -0.15) is 8.78 Å². The Bertz CT molecular complexity index is 704. The molecule has 0 N–H and O–H groups in total. The van der Waals surface area contributed by atoms with E-state index in [9.17, 15) is 13.2 Å². The van der Waals surface area contributed by atoms with Crippen LogP contribution in [0.2, 0.25) is 0 Å². The number of alkyl halides is 2. The van der Waals surface area contributed by atoms with Crippen molar-refractivity contribution in [2.45, 2.75) is 97.0 Å². The van der Waals surface area contributed by atoms with E-state index in [1.54, 1.807) is 0 Å². The molecule has 4 heteroatoms. The molecule has 2 saturated carbocycles. The van der Waals surface area contributed by atoms with Crippen LogP contribution < -0.4 is 4.74 Å². The minimum atomic E-state index is -2.98. The molecule has 0 aliphatic heterocycles. The highest BCUT2D eigenvalue weighted by molar-refractivity contribution is 5.39. The number of hydrogen-bond acceptors (Lipinski definition) is 1. The van der Waals surface area contributed by atoms with E-state index >= 15 is 0 Å². The van der Waals surface area contributed by atoms with Crippen molar-refractivity contribution in [2.24, 2.45) is 29.6 Å². The summed E-state index contributed by atoms with van der Waals surface area (Å²) in [5.41, 5.74) is 2.00. The fourth-order valence-corrected chi connectivity index (χ4v) is 6.77. The van der Waals surface area contributed by atoms with Gasteiger partial charge in [0.15, 0.2) is 11.6 Å². The van der Waals surface area contributed by atoms with Crippen LogP contribution in [-0.2, 0) is 12.8 Å². The molecule has 0 bridgehead atoms. The summed E-state index contributed by atoms with van der Waals surface area (Å²) in [4.78, 5) is 0. The zero-order valence-electron chi connectivity index (χ0n) is 18.4. The van der Waals surface area contributed by atoms with Gasteiger partial charge >= 0.3 is 6.61 Å². The molecule has 0 saturated heterocycles. The van der Waals surface area contributed by atoms with E-state index in [-0.39, 0.29) is 5.75 Å². The summed E-state index contributed by atoms with van der Waals surface area (Å²) in [6.07, 6.45) is 16.7. The molecule has 0 spiro atoms. The first-order valence-electron chi connectivity index (χ1n) is 12.3. The fraction of sp³-hybridized carbons (Fsp3) is 0.769. The second-order valence-electron chi connectivity index (χ2n) is 10.2. The highest BCUT2D eigenvalue weighted by atomic mass is 19.3. The minimum absolute atomic E-state index is 0.307. The van der Waals surface area contributed by atoms with Crippen LogP contribution in [0.5, 0.6) is 5.75 Å². The molecule has 0 aromatic heterocycles. The quantitative estimate of drug-likeness (QED) is 0.405. The standard InChI is InChI=1S/C26H37F3O/c1-2-3-4-5-17-6-7-19-13-20(9-8-18(19)12-17)21-10-11-22-16-25(30-26(28)29)24(27)15-23(22)14-21/h15-21,26H,2-14H2,1H3. The smallest absolute Gasteiger partial charge is 0.387 e. The maximum atomic E-state index is 14.2. The van der Waals surface area contributed by atoms with Crippen molar-refractivity contribution >= 4 is 0 Å². The molecule has 168 valence electrons. The van der Waals surface area contributed by atoms with E-state index < -0.39 is 12.4 Å². The summed E-state index contributed by atoms with van der Waals surface area (Å²) < 4.78 is 43.5. The highest BCUT2D eigenvalue weighted by Crippen LogP contribution is 2.49. The lowest BCUT2D eigenvalue weighted by Crippen LogP contribution is -2.35. The van der Waals surface area contributed by atoms with Gasteiger partial charge in [0.1, 0.15) is 0 Å².